The molecule has 0 unspecified atom stereocenters. The molecule has 2 aromatic carbocycles. The Hall–Kier alpha value is -3.19. The lowest BCUT2D eigenvalue weighted by atomic mass is 10.1. The van der Waals surface area contributed by atoms with Crippen LogP contribution in [0.5, 0.6) is 5.75 Å². The Labute approximate surface area is 186 Å². The van der Waals surface area contributed by atoms with Gasteiger partial charge >= 0.3 is 0 Å². The van der Waals surface area contributed by atoms with Gasteiger partial charge in [-0.2, -0.15) is 0 Å². The quantitative estimate of drug-likeness (QED) is 0.505. The van der Waals surface area contributed by atoms with Crippen molar-refractivity contribution in [3.05, 3.63) is 65.2 Å². The van der Waals surface area contributed by atoms with Crippen LogP contribution in [0.1, 0.15) is 36.8 Å². The fraction of sp³-hybridized carbons (Fsp3) is 0.292. The van der Waals surface area contributed by atoms with Crippen LogP contribution in [-0.4, -0.2) is 29.9 Å². The molecule has 0 radical (unpaired) electrons. The number of hydrogen-bond acceptors (Lipinski definition) is 5. The summed E-state index contributed by atoms with van der Waals surface area (Å²) in [4.78, 5) is 29.7. The van der Waals surface area contributed by atoms with E-state index in [1.165, 1.54) is 11.3 Å². The van der Waals surface area contributed by atoms with Gasteiger partial charge < -0.3 is 15.4 Å². The van der Waals surface area contributed by atoms with Crippen molar-refractivity contribution in [2.75, 3.05) is 18.5 Å². The molecule has 0 aliphatic heterocycles. The number of thiazole rings is 1. The highest BCUT2D eigenvalue weighted by molar-refractivity contribution is 7.13. The van der Waals surface area contributed by atoms with E-state index < -0.39 is 0 Å². The summed E-state index contributed by atoms with van der Waals surface area (Å²) in [7, 11) is 0. The first-order valence-corrected chi connectivity index (χ1v) is 11.2. The number of nitrogens with one attached hydrogen (secondary N) is 2. The first-order valence-electron chi connectivity index (χ1n) is 10.3. The number of rotatable bonds is 9. The maximum Gasteiger partial charge on any atom is 0.253 e. The van der Waals surface area contributed by atoms with Gasteiger partial charge in [0, 0.05) is 11.9 Å². The summed E-state index contributed by atoms with van der Waals surface area (Å²) in [5.41, 5.74) is 2.52. The average molecular weight is 438 g/mol. The van der Waals surface area contributed by atoms with Crippen molar-refractivity contribution >= 4 is 28.8 Å². The second kappa shape index (κ2) is 10.7. The molecule has 7 heteroatoms. The molecule has 0 spiro atoms. The van der Waals surface area contributed by atoms with E-state index in [-0.39, 0.29) is 18.2 Å². The monoisotopic (exact) mass is 437 g/mol. The van der Waals surface area contributed by atoms with Gasteiger partial charge in [-0.3, -0.25) is 9.59 Å². The Bertz CT molecular complexity index is 1050. The lowest BCUT2D eigenvalue weighted by Crippen LogP contribution is -2.28. The van der Waals surface area contributed by atoms with Crippen LogP contribution in [-0.2, 0) is 11.2 Å². The molecule has 0 atom stereocenters. The smallest absolute Gasteiger partial charge is 0.253 e. The van der Waals surface area contributed by atoms with Gasteiger partial charge in [0.05, 0.1) is 35.5 Å². The largest absolute Gasteiger partial charge is 0.493 e. The summed E-state index contributed by atoms with van der Waals surface area (Å²) in [6.07, 6.45) is 0.120. The first kappa shape index (κ1) is 22.5. The Balaban J connectivity index is 1.69. The number of carbonyl (C=O) groups is 2. The second-order valence-corrected chi connectivity index (χ2v) is 8.31. The number of ether oxygens (including phenoxy) is 1. The molecule has 0 aliphatic carbocycles. The van der Waals surface area contributed by atoms with Gasteiger partial charge in [-0.1, -0.05) is 38.1 Å². The zero-order valence-electron chi connectivity index (χ0n) is 18.0. The molecule has 1 aromatic heterocycles. The van der Waals surface area contributed by atoms with Crippen LogP contribution in [0, 0.1) is 5.92 Å². The zero-order valence-corrected chi connectivity index (χ0v) is 18.8. The van der Waals surface area contributed by atoms with Crippen molar-refractivity contribution in [2.45, 2.75) is 27.2 Å². The number of anilines is 1. The van der Waals surface area contributed by atoms with Crippen molar-refractivity contribution in [3.63, 3.8) is 0 Å². The number of para-hydroxylation sites is 2. The lowest BCUT2D eigenvalue weighted by Gasteiger charge is -2.12. The number of hydrogen-bond donors (Lipinski definition) is 2. The van der Waals surface area contributed by atoms with E-state index in [2.05, 4.69) is 15.6 Å². The fourth-order valence-corrected chi connectivity index (χ4v) is 3.83. The van der Waals surface area contributed by atoms with Crippen LogP contribution in [0.2, 0.25) is 0 Å². The minimum atomic E-state index is -0.223. The zero-order chi connectivity index (χ0) is 22.2. The minimum absolute atomic E-state index is 0.120. The van der Waals surface area contributed by atoms with Gasteiger partial charge in [0.2, 0.25) is 5.91 Å². The highest BCUT2D eigenvalue weighted by Crippen LogP contribution is 2.32. The van der Waals surface area contributed by atoms with Gasteiger partial charge in [-0.05, 0) is 37.1 Å². The van der Waals surface area contributed by atoms with Gasteiger partial charge in [0.1, 0.15) is 10.8 Å². The molecule has 6 nitrogen and oxygen atoms in total. The predicted octanol–water partition coefficient (Wildman–Crippen LogP) is 4.78. The lowest BCUT2D eigenvalue weighted by molar-refractivity contribution is -0.115. The molecular weight excluding hydrogens is 410 g/mol. The summed E-state index contributed by atoms with van der Waals surface area (Å²) in [5, 5.41) is 8.41. The fourth-order valence-electron chi connectivity index (χ4n) is 2.98. The summed E-state index contributed by atoms with van der Waals surface area (Å²) < 4.78 is 5.68. The van der Waals surface area contributed by atoms with E-state index in [4.69, 9.17) is 4.74 Å². The topological polar surface area (TPSA) is 80.3 Å². The summed E-state index contributed by atoms with van der Waals surface area (Å²) in [6.45, 7) is 7.15. The van der Waals surface area contributed by atoms with Crippen LogP contribution in [0.15, 0.2) is 53.9 Å². The molecule has 3 aromatic rings. The normalized spacial score (nSPS) is 10.7. The number of amides is 2. The molecule has 0 aliphatic rings. The number of aromatic nitrogens is 1. The predicted molar refractivity (Wildman–Crippen MR) is 125 cm³/mol. The molecule has 0 saturated heterocycles. The Morgan fingerprint density at radius 2 is 1.84 bits per heavy atom. The summed E-state index contributed by atoms with van der Waals surface area (Å²) in [5.74, 6) is 0.696. The molecule has 0 fully saturated rings. The van der Waals surface area contributed by atoms with Crippen LogP contribution in [0.4, 0.5) is 5.69 Å². The van der Waals surface area contributed by atoms with E-state index in [1.807, 2.05) is 50.4 Å². The van der Waals surface area contributed by atoms with Crippen LogP contribution in [0.25, 0.3) is 10.6 Å². The molecule has 0 saturated carbocycles. The molecule has 1 heterocycles. The van der Waals surface area contributed by atoms with E-state index in [9.17, 15) is 9.59 Å². The van der Waals surface area contributed by atoms with E-state index in [0.29, 0.717) is 36.0 Å². The van der Waals surface area contributed by atoms with Crippen molar-refractivity contribution in [1.29, 1.82) is 0 Å². The van der Waals surface area contributed by atoms with Gasteiger partial charge in [-0.25, -0.2) is 4.98 Å². The van der Waals surface area contributed by atoms with Crippen molar-refractivity contribution in [3.8, 4) is 16.3 Å². The maximum absolute atomic E-state index is 12.6. The molecule has 2 amide bonds. The number of carbonyl (C=O) groups excluding carboxylic acids is 2. The number of benzene rings is 2. The van der Waals surface area contributed by atoms with Gasteiger partial charge in [-0.15, -0.1) is 11.3 Å². The number of nitrogens with zero attached hydrogens (tertiary/aromatic N) is 1. The average Bonchev–Trinajstić information content (AvgIpc) is 3.21. The first-order chi connectivity index (χ1) is 15.0. The van der Waals surface area contributed by atoms with E-state index >= 15 is 0 Å². The molecule has 3 rings (SSSR count). The van der Waals surface area contributed by atoms with E-state index in [1.54, 1.807) is 24.3 Å². The summed E-state index contributed by atoms with van der Waals surface area (Å²) >= 11 is 1.47. The minimum Gasteiger partial charge on any atom is -0.493 e. The SMILES string of the molecule is CCOc1ccccc1-c1nc(CC(=O)Nc2ccccc2C(=O)NCC(C)C)cs1. The standard InChI is InChI=1S/C24H27N3O3S/c1-4-30-21-12-8-6-10-19(21)24-26-17(15-31-24)13-22(28)27-20-11-7-5-9-18(20)23(29)25-14-16(2)3/h5-12,15-16H,4,13-14H2,1-3H3,(H,25,29)(H,27,28). The van der Waals surface area contributed by atoms with Crippen LogP contribution >= 0.6 is 11.3 Å². The third-order valence-electron chi connectivity index (χ3n) is 4.43. The Morgan fingerprint density at radius 1 is 1.10 bits per heavy atom. The van der Waals surface area contributed by atoms with Gasteiger partial charge in [0.25, 0.3) is 5.91 Å². The van der Waals surface area contributed by atoms with Crippen molar-refractivity contribution in [1.82, 2.24) is 10.3 Å². The molecule has 162 valence electrons. The van der Waals surface area contributed by atoms with Gasteiger partial charge in [0.15, 0.2) is 0 Å². The Kier molecular flexibility index (Phi) is 7.78. The Morgan fingerprint density at radius 3 is 2.61 bits per heavy atom. The van der Waals surface area contributed by atoms with Crippen molar-refractivity contribution < 1.29 is 14.3 Å². The third-order valence-corrected chi connectivity index (χ3v) is 5.35. The van der Waals surface area contributed by atoms with Crippen molar-refractivity contribution in [2.24, 2.45) is 5.92 Å². The van der Waals surface area contributed by atoms with Crippen LogP contribution < -0.4 is 15.4 Å². The molecule has 0 bridgehead atoms. The van der Waals surface area contributed by atoms with E-state index in [0.717, 1.165) is 16.3 Å². The molecule has 31 heavy (non-hydrogen) atoms. The molecule has 2 N–H and O–H groups in total. The second-order valence-electron chi connectivity index (χ2n) is 7.45. The summed E-state index contributed by atoms with van der Waals surface area (Å²) in [6, 6.07) is 14.7. The third kappa shape index (κ3) is 6.15. The van der Waals surface area contributed by atoms with Crippen LogP contribution in [0.3, 0.4) is 0 Å². The molecular formula is C24H27N3O3S. The highest BCUT2D eigenvalue weighted by Gasteiger charge is 2.16. The highest BCUT2D eigenvalue weighted by atomic mass is 32.1. The maximum atomic E-state index is 12.6.